The summed E-state index contributed by atoms with van der Waals surface area (Å²) in [6, 6.07) is 1.92. The molecule has 4 rings (SSSR count). The van der Waals surface area contributed by atoms with Crippen LogP contribution in [0.25, 0.3) is 22.1 Å². The molecule has 0 amide bonds. The van der Waals surface area contributed by atoms with Crippen molar-refractivity contribution in [2.75, 3.05) is 18.0 Å². The lowest BCUT2D eigenvalue weighted by Gasteiger charge is -2.19. The van der Waals surface area contributed by atoms with Crippen LogP contribution in [0.4, 0.5) is 5.69 Å². The Hall–Kier alpha value is -2.77. The number of nitrogens with one attached hydrogen (secondary N) is 1. The van der Waals surface area contributed by atoms with Gasteiger partial charge in [-0.05, 0) is 12.5 Å². The molecule has 2 N–H and O–H groups in total. The highest BCUT2D eigenvalue weighted by molar-refractivity contribution is 6.08. The van der Waals surface area contributed by atoms with Gasteiger partial charge in [-0.2, -0.15) is 5.10 Å². The van der Waals surface area contributed by atoms with Crippen LogP contribution in [0.5, 0.6) is 0 Å². The van der Waals surface area contributed by atoms with Gasteiger partial charge in [0.1, 0.15) is 0 Å². The quantitative estimate of drug-likeness (QED) is 0.716. The Labute approximate surface area is 118 Å². The Balaban J connectivity index is 1.89. The normalized spacial score (nSPS) is 18.7. The van der Waals surface area contributed by atoms with E-state index in [1.54, 1.807) is 12.4 Å². The van der Waals surface area contributed by atoms with E-state index in [9.17, 15) is 4.79 Å². The van der Waals surface area contributed by atoms with E-state index in [4.69, 9.17) is 5.11 Å². The molecule has 3 aromatic rings. The molecule has 0 aliphatic carbocycles. The van der Waals surface area contributed by atoms with Crippen molar-refractivity contribution in [2.45, 2.75) is 6.42 Å². The number of fused-ring (bicyclic) bond motifs is 3. The topological polar surface area (TPSA) is 108 Å². The molecule has 8 nitrogen and oxygen atoms in total. The Morgan fingerprint density at radius 3 is 3.10 bits per heavy atom. The fourth-order valence-electron chi connectivity index (χ4n) is 2.86. The van der Waals surface area contributed by atoms with Crippen LogP contribution in [-0.4, -0.2) is 49.5 Å². The smallest absolute Gasteiger partial charge is 0.308 e. The van der Waals surface area contributed by atoms with Crippen LogP contribution >= 0.6 is 0 Å². The number of hydrogen-bond acceptors (Lipinski definition) is 6. The third-order valence-electron chi connectivity index (χ3n) is 3.93. The minimum atomic E-state index is -0.754. The number of hydrogen-bond donors (Lipinski definition) is 2. The number of aromatic amines is 1. The molecule has 1 fully saturated rings. The standard InChI is InChI=1S/C13H12N6O2/c20-13(21)7-2-4-19(6-7)9-5-15-16-12-10(9)8-1-3-14-11(8)17-18-12/h1,3,5,7H,2,4,6H2,(H,14,17)(H,20,21). The Kier molecular flexibility index (Phi) is 2.50. The minimum absolute atomic E-state index is 0.343. The van der Waals surface area contributed by atoms with Crippen LogP contribution in [0.1, 0.15) is 6.42 Å². The van der Waals surface area contributed by atoms with Crippen LogP contribution in [0.15, 0.2) is 18.5 Å². The molecule has 0 aromatic carbocycles. The highest BCUT2D eigenvalue weighted by atomic mass is 16.4. The summed E-state index contributed by atoms with van der Waals surface area (Å²) >= 11 is 0. The molecule has 1 unspecified atom stereocenters. The molecule has 0 saturated carbocycles. The average Bonchev–Trinajstić information content (AvgIpc) is 3.15. The number of carboxylic acid groups (broad SMARTS) is 1. The first kappa shape index (κ1) is 12.0. The summed E-state index contributed by atoms with van der Waals surface area (Å²) in [4.78, 5) is 16.2. The molecule has 8 heteroatoms. The highest BCUT2D eigenvalue weighted by Crippen LogP contribution is 2.32. The molecule has 1 saturated heterocycles. The second-order valence-corrected chi connectivity index (χ2v) is 5.14. The number of aliphatic carboxylic acids is 1. The summed E-state index contributed by atoms with van der Waals surface area (Å²) in [5.74, 6) is -1.10. The first-order valence-corrected chi connectivity index (χ1v) is 6.67. The van der Waals surface area contributed by atoms with Gasteiger partial charge in [-0.3, -0.25) is 4.79 Å². The lowest BCUT2D eigenvalue weighted by atomic mass is 10.1. The van der Waals surface area contributed by atoms with E-state index in [1.165, 1.54) is 0 Å². The molecule has 3 aromatic heterocycles. The van der Waals surface area contributed by atoms with Gasteiger partial charge in [0.05, 0.1) is 23.2 Å². The van der Waals surface area contributed by atoms with Gasteiger partial charge in [0.15, 0.2) is 5.65 Å². The van der Waals surface area contributed by atoms with E-state index in [0.717, 1.165) is 16.5 Å². The predicted molar refractivity (Wildman–Crippen MR) is 74.9 cm³/mol. The van der Waals surface area contributed by atoms with Crippen LogP contribution in [-0.2, 0) is 4.79 Å². The lowest BCUT2D eigenvalue weighted by Crippen LogP contribution is -2.23. The van der Waals surface area contributed by atoms with Crippen LogP contribution in [0.3, 0.4) is 0 Å². The van der Waals surface area contributed by atoms with Crippen molar-refractivity contribution in [3.8, 4) is 0 Å². The van der Waals surface area contributed by atoms with Gasteiger partial charge < -0.3 is 15.0 Å². The molecule has 4 heterocycles. The number of aromatic nitrogens is 5. The third-order valence-corrected chi connectivity index (χ3v) is 3.93. The molecule has 1 aliphatic rings. The number of carboxylic acids is 1. The van der Waals surface area contributed by atoms with Crippen LogP contribution < -0.4 is 4.90 Å². The maximum Gasteiger partial charge on any atom is 0.308 e. The Morgan fingerprint density at radius 1 is 1.38 bits per heavy atom. The zero-order chi connectivity index (χ0) is 14.4. The zero-order valence-electron chi connectivity index (χ0n) is 11.0. The van der Waals surface area contributed by atoms with Crippen LogP contribution in [0, 0.1) is 5.92 Å². The second-order valence-electron chi connectivity index (χ2n) is 5.14. The Morgan fingerprint density at radius 2 is 2.29 bits per heavy atom. The van der Waals surface area contributed by atoms with E-state index in [2.05, 4.69) is 25.4 Å². The van der Waals surface area contributed by atoms with Crippen molar-refractivity contribution < 1.29 is 9.90 Å². The van der Waals surface area contributed by atoms with Crippen molar-refractivity contribution in [1.29, 1.82) is 0 Å². The van der Waals surface area contributed by atoms with Gasteiger partial charge >= 0.3 is 5.97 Å². The summed E-state index contributed by atoms with van der Waals surface area (Å²) in [6.45, 7) is 1.16. The van der Waals surface area contributed by atoms with E-state index in [1.807, 2.05) is 11.0 Å². The maximum atomic E-state index is 11.1. The van der Waals surface area contributed by atoms with Crippen molar-refractivity contribution in [1.82, 2.24) is 25.4 Å². The van der Waals surface area contributed by atoms with Crippen molar-refractivity contribution >= 4 is 33.7 Å². The van der Waals surface area contributed by atoms with Gasteiger partial charge in [0.25, 0.3) is 0 Å². The van der Waals surface area contributed by atoms with Gasteiger partial charge in [-0.25, -0.2) is 0 Å². The predicted octanol–water partition coefficient (Wildman–Crippen LogP) is 0.812. The van der Waals surface area contributed by atoms with Gasteiger partial charge in [-0.15, -0.1) is 15.3 Å². The zero-order valence-corrected chi connectivity index (χ0v) is 11.0. The third kappa shape index (κ3) is 1.79. The maximum absolute atomic E-state index is 11.1. The SMILES string of the molecule is O=C(O)C1CCN(c2cnnc3nnc4[nH]ccc4c23)C1. The summed E-state index contributed by atoms with van der Waals surface area (Å²) in [5, 5.41) is 27.0. The first-order valence-electron chi connectivity index (χ1n) is 6.67. The average molecular weight is 284 g/mol. The second kappa shape index (κ2) is 4.37. The molecular formula is C13H12N6O2. The molecular weight excluding hydrogens is 272 g/mol. The number of nitrogens with zero attached hydrogens (tertiary/aromatic N) is 5. The van der Waals surface area contributed by atoms with E-state index >= 15 is 0 Å². The molecule has 0 spiro atoms. The largest absolute Gasteiger partial charge is 0.481 e. The molecule has 21 heavy (non-hydrogen) atoms. The van der Waals surface area contributed by atoms with E-state index in [0.29, 0.717) is 30.8 Å². The molecule has 1 atom stereocenters. The van der Waals surface area contributed by atoms with Crippen molar-refractivity contribution in [2.24, 2.45) is 5.92 Å². The van der Waals surface area contributed by atoms with E-state index < -0.39 is 5.97 Å². The van der Waals surface area contributed by atoms with E-state index in [-0.39, 0.29) is 5.92 Å². The minimum Gasteiger partial charge on any atom is -0.481 e. The first-order chi connectivity index (χ1) is 10.2. The summed E-state index contributed by atoms with van der Waals surface area (Å²) < 4.78 is 0. The number of carbonyl (C=O) groups is 1. The number of anilines is 1. The Bertz CT molecular complexity index is 845. The van der Waals surface area contributed by atoms with Gasteiger partial charge in [0.2, 0.25) is 5.65 Å². The summed E-state index contributed by atoms with van der Waals surface area (Å²) in [7, 11) is 0. The fraction of sp³-hybridized carbons (Fsp3) is 0.308. The molecule has 0 bridgehead atoms. The highest BCUT2D eigenvalue weighted by Gasteiger charge is 2.29. The lowest BCUT2D eigenvalue weighted by molar-refractivity contribution is -0.140. The molecule has 0 radical (unpaired) electrons. The van der Waals surface area contributed by atoms with Gasteiger partial charge in [0, 0.05) is 24.7 Å². The summed E-state index contributed by atoms with van der Waals surface area (Å²) in [6.07, 6.45) is 4.10. The van der Waals surface area contributed by atoms with Crippen LogP contribution in [0.2, 0.25) is 0 Å². The monoisotopic (exact) mass is 284 g/mol. The van der Waals surface area contributed by atoms with Crippen molar-refractivity contribution in [3.05, 3.63) is 18.5 Å². The van der Waals surface area contributed by atoms with Crippen molar-refractivity contribution in [3.63, 3.8) is 0 Å². The van der Waals surface area contributed by atoms with Gasteiger partial charge in [-0.1, -0.05) is 0 Å². The molecule has 1 aliphatic heterocycles. The molecule has 106 valence electrons. The summed E-state index contributed by atoms with van der Waals surface area (Å²) in [5.41, 5.74) is 2.02. The fourth-order valence-corrected chi connectivity index (χ4v) is 2.86. The number of rotatable bonds is 2. The number of H-pyrrole nitrogens is 1.